The summed E-state index contributed by atoms with van der Waals surface area (Å²) in [6.07, 6.45) is 0.682. The third-order valence-corrected chi connectivity index (χ3v) is 2.57. The predicted molar refractivity (Wildman–Crippen MR) is 71.9 cm³/mol. The molecule has 0 aliphatic carbocycles. The number of carbonyl (C=O) groups is 1. The summed E-state index contributed by atoms with van der Waals surface area (Å²) in [7, 11) is 0. The van der Waals surface area contributed by atoms with E-state index in [9.17, 15) is 4.79 Å². The van der Waals surface area contributed by atoms with Gasteiger partial charge in [-0.15, -0.1) is 0 Å². The second-order valence-corrected chi connectivity index (χ2v) is 3.85. The summed E-state index contributed by atoms with van der Waals surface area (Å²) in [5, 5.41) is 0. The van der Waals surface area contributed by atoms with Crippen LogP contribution in [-0.2, 0) is 0 Å². The first-order valence-corrected chi connectivity index (χ1v) is 6.23. The summed E-state index contributed by atoms with van der Waals surface area (Å²) < 4.78 is 16.4. The average Bonchev–Trinajstić information content (AvgIpc) is 2.90. The number of rotatable bonds is 6. The highest BCUT2D eigenvalue weighted by Gasteiger charge is 2.10. The van der Waals surface area contributed by atoms with E-state index in [2.05, 4.69) is 0 Å². The van der Waals surface area contributed by atoms with E-state index in [0.29, 0.717) is 42.5 Å². The van der Waals surface area contributed by atoms with Crippen molar-refractivity contribution in [2.75, 3.05) is 13.2 Å². The summed E-state index contributed by atoms with van der Waals surface area (Å²) in [5.41, 5.74) is 0.847. The fourth-order valence-electron chi connectivity index (χ4n) is 1.78. The van der Waals surface area contributed by atoms with E-state index in [1.165, 1.54) is 0 Å². The molecule has 2 rings (SSSR count). The van der Waals surface area contributed by atoms with Gasteiger partial charge in [-0.25, -0.2) is 0 Å². The molecule has 0 saturated carbocycles. The quantitative estimate of drug-likeness (QED) is 0.745. The molecule has 0 radical (unpaired) electrons. The molecule has 0 atom stereocenters. The van der Waals surface area contributed by atoms with Crippen LogP contribution in [0.25, 0.3) is 11.3 Å². The van der Waals surface area contributed by atoms with Crippen LogP contribution in [0, 0.1) is 0 Å². The van der Waals surface area contributed by atoms with Gasteiger partial charge in [0.2, 0.25) is 0 Å². The van der Waals surface area contributed by atoms with Gasteiger partial charge in [-0.05, 0) is 44.2 Å². The molecule has 0 amide bonds. The van der Waals surface area contributed by atoms with Crippen LogP contribution in [0.15, 0.2) is 34.7 Å². The second-order valence-electron chi connectivity index (χ2n) is 3.85. The van der Waals surface area contributed by atoms with Crippen molar-refractivity contribution in [1.29, 1.82) is 0 Å². The molecule has 0 fully saturated rings. The summed E-state index contributed by atoms with van der Waals surface area (Å²) in [4.78, 5) is 10.6. The Balaban J connectivity index is 2.36. The van der Waals surface area contributed by atoms with Gasteiger partial charge in [-0.1, -0.05) is 0 Å². The molecule has 0 unspecified atom stereocenters. The zero-order valence-electron chi connectivity index (χ0n) is 11.0. The Hall–Kier alpha value is -2.23. The predicted octanol–water partition coefficient (Wildman–Crippen LogP) is 3.56. The third kappa shape index (κ3) is 2.96. The van der Waals surface area contributed by atoms with Gasteiger partial charge in [0.15, 0.2) is 23.5 Å². The largest absolute Gasteiger partial charge is 0.490 e. The molecule has 0 saturated heterocycles. The third-order valence-electron chi connectivity index (χ3n) is 2.57. The summed E-state index contributed by atoms with van der Waals surface area (Å²) >= 11 is 0. The van der Waals surface area contributed by atoms with Gasteiger partial charge in [-0.3, -0.25) is 4.79 Å². The van der Waals surface area contributed by atoms with Crippen LogP contribution in [0.3, 0.4) is 0 Å². The highest BCUT2D eigenvalue weighted by Crippen LogP contribution is 2.33. The molecule has 0 N–H and O–H groups in total. The smallest absolute Gasteiger partial charge is 0.185 e. The molecule has 4 heteroatoms. The van der Waals surface area contributed by atoms with Crippen molar-refractivity contribution in [2.45, 2.75) is 13.8 Å². The zero-order valence-corrected chi connectivity index (χ0v) is 11.0. The summed E-state index contributed by atoms with van der Waals surface area (Å²) in [6, 6.07) is 8.96. The number of carbonyl (C=O) groups excluding carboxylic acids is 1. The molecule has 2 aromatic rings. The maximum atomic E-state index is 10.6. The minimum atomic E-state index is 0.307. The van der Waals surface area contributed by atoms with Crippen molar-refractivity contribution in [3.8, 4) is 22.8 Å². The molecule has 0 bridgehead atoms. The van der Waals surface area contributed by atoms with Gasteiger partial charge in [0.25, 0.3) is 0 Å². The molecule has 0 spiro atoms. The lowest BCUT2D eigenvalue weighted by Gasteiger charge is -2.11. The van der Waals surface area contributed by atoms with E-state index in [1.807, 2.05) is 32.0 Å². The number of aldehydes is 1. The Kier molecular flexibility index (Phi) is 4.23. The van der Waals surface area contributed by atoms with Crippen LogP contribution in [0.2, 0.25) is 0 Å². The minimum Gasteiger partial charge on any atom is -0.490 e. The van der Waals surface area contributed by atoms with Crippen LogP contribution in [0.1, 0.15) is 24.4 Å². The zero-order chi connectivity index (χ0) is 13.7. The Morgan fingerprint density at radius 3 is 2.42 bits per heavy atom. The van der Waals surface area contributed by atoms with Gasteiger partial charge in [0, 0.05) is 5.56 Å². The van der Waals surface area contributed by atoms with Crippen LogP contribution in [-0.4, -0.2) is 19.5 Å². The van der Waals surface area contributed by atoms with E-state index in [4.69, 9.17) is 13.9 Å². The average molecular weight is 260 g/mol. The number of ether oxygens (including phenoxy) is 2. The first-order valence-electron chi connectivity index (χ1n) is 6.23. The molecule has 0 aliphatic heterocycles. The maximum Gasteiger partial charge on any atom is 0.185 e. The van der Waals surface area contributed by atoms with Crippen LogP contribution in [0.4, 0.5) is 0 Å². The number of furan rings is 1. The summed E-state index contributed by atoms with van der Waals surface area (Å²) in [5.74, 6) is 2.31. The standard InChI is InChI=1S/C15H16O4/c1-3-17-14-7-5-11(9-15(14)18-4-2)13-8-6-12(10-16)19-13/h5-10H,3-4H2,1-2H3. The molecule has 1 aromatic heterocycles. The van der Waals surface area contributed by atoms with E-state index in [0.717, 1.165) is 5.56 Å². The molecule has 4 nitrogen and oxygen atoms in total. The van der Waals surface area contributed by atoms with Crippen molar-refractivity contribution in [3.63, 3.8) is 0 Å². The molecule has 1 heterocycles. The van der Waals surface area contributed by atoms with Gasteiger partial charge in [-0.2, -0.15) is 0 Å². The van der Waals surface area contributed by atoms with Crippen molar-refractivity contribution in [2.24, 2.45) is 0 Å². The first-order chi connectivity index (χ1) is 9.28. The topological polar surface area (TPSA) is 48.7 Å². The lowest BCUT2D eigenvalue weighted by Crippen LogP contribution is -1.98. The highest BCUT2D eigenvalue weighted by atomic mass is 16.5. The lowest BCUT2D eigenvalue weighted by molar-refractivity contribution is 0.110. The van der Waals surface area contributed by atoms with Gasteiger partial charge < -0.3 is 13.9 Å². The van der Waals surface area contributed by atoms with E-state index in [1.54, 1.807) is 12.1 Å². The fraction of sp³-hybridized carbons (Fsp3) is 0.267. The fourth-order valence-corrected chi connectivity index (χ4v) is 1.78. The maximum absolute atomic E-state index is 10.6. The summed E-state index contributed by atoms with van der Waals surface area (Å²) in [6.45, 7) is 4.98. The van der Waals surface area contributed by atoms with E-state index < -0.39 is 0 Å². The van der Waals surface area contributed by atoms with Crippen LogP contribution >= 0.6 is 0 Å². The Labute approximate surface area is 111 Å². The van der Waals surface area contributed by atoms with Crippen molar-refractivity contribution < 1.29 is 18.7 Å². The monoisotopic (exact) mass is 260 g/mol. The number of hydrogen-bond donors (Lipinski definition) is 0. The molecule has 1 aromatic carbocycles. The van der Waals surface area contributed by atoms with Crippen LogP contribution < -0.4 is 9.47 Å². The van der Waals surface area contributed by atoms with Crippen molar-refractivity contribution >= 4 is 6.29 Å². The number of benzene rings is 1. The van der Waals surface area contributed by atoms with E-state index >= 15 is 0 Å². The van der Waals surface area contributed by atoms with E-state index in [-0.39, 0.29) is 0 Å². The number of hydrogen-bond acceptors (Lipinski definition) is 4. The second kappa shape index (κ2) is 6.09. The minimum absolute atomic E-state index is 0.307. The highest BCUT2D eigenvalue weighted by molar-refractivity contribution is 5.73. The normalized spacial score (nSPS) is 10.2. The van der Waals surface area contributed by atoms with Crippen LogP contribution in [0.5, 0.6) is 11.5 Å². The first kappa shape index (κ1) is 13.2. The Morgan fingerprint density at radius 2 is 1.79 bits per heavy atom. The molecule has 100 valence electrons. The van der Waals surface area contributed by atoms with Gasteiger partial charge in [0.05, 0.1) is 13.2 Å². The van der Waals surface area contributed by atoms with Crippen molar-refractivity contribution in [3.05, 3.63) is 36.1 Å². The van der Waals surface area contributed by atoms with Crippen molar-refractivity contribution in [1.82, 2.24) is 0 Å². The SMILES string of the molecule is CCOc1ccc(-c2ccc(C=O)o2)cc1OCC. The molecule has 19 heavy (non-hydrogen) atoms. The Bertz CT molecular complexity index is 557. The Morgan fingerprint density at radius 1 is 1.05 bits per heavy atom. The molecular formula is C15H16O4. The molecule has 0 aliphatic rings. The van der Waals surface area contributed by atoms with Gasteiger partial charge >= 0.3 is 0 Å². The molecular weight excluding hydrogens is 244 g/mol. The van der Waals surface area contributed by atoms with Gasteiger partial charge in [0.1, 0.15) is 5.76 Å². The lowest BCUT2D eigenvalue weighted by atomic mass is 10.1.